The Morgan fingerprint density at radius 3 is 2.75 bits per heavy atom. The average Bonchev–Trinajstić information content (AvgIpc) is 2.45. The number of nitriles is 1. The van der Waals surface area contributed by atoms with Gasteiger partial charge >= 0.3 is 0 Å². The number of fused-ring (bicyclic) bond motifs is 3. The molecule has 3 rings (SSSR count). The predicted octanol–water partition coefficient (Wildman–Crippen LogP) is 4.24. The van der Waals surface area contributed by atoms with E-state index in [9.17, 15) is 5.26 Å². The topological polar surface area (TPSA) is 33.0 Å². The number of aryl methyl sites for hydroxylation is 1. The minimum Gasteiger partial charge on any atom is -0.411 e. The molecule has 0 saturated heterocycles. The molecule has 2 nitrogen and oxygen atoms in total. The van der Waals surface area contributed by atoms with Gasteiger partial charge in [0, 0.05) is 5.92 Å². The maximum atomic E-state index is 9.46. The Kier molecular flexibility index (Phi) is 3.27. The van der Waals surface area contributed by atoms with Gasteiger partial charge in [-0.1, -0.05) is 24.3 Å². The molecular formula is C17H23NOSi. The minimum atomic E-state index is -1.60. The molecule has 2 aliphatic rings. The molecule has 0 aliphatic heterocycles. The molecular weight excluding hydrogens is 262 g/mol. The van der Waals surface area contributed by atoms with Crippen molar-refractivity contribution in [2.24, 2.45) is 5.92 Å². The second kappa shape index (κ2) is 4.72. The zero-order valence-corrected chi connectivity index (χ0v) is 13.6. The van der Waals surface area contributed by atoms with Crippen molar-refractivity contribution >= 4 is 8.32 Å². The van der Waals surface area contributed by atoms with Crippen LogP contribution in [0.4, 0.5) is 0 Å². The van der Waals surface area contributed by atoms with Crippen molar-refractivity contribution in [3.8, 4) is 6.07 Å². The Labute approximate surface area is 122 Å². The van der Waals surface area contributed by atoms with Crippen molar-refractivity contribution < 1.29 is 4.43 Å². The highest BCUT2D eigenvalue weighted by Crippen LogP contribution is 2.58. The molecule has 0 unspecified atom stereocenters. The van der Waals surface area contributed by atoms with Crippen LogP contribution in [0.2, 0.25) is 19.6 Å². The summed E-state index contributed by atoms with van der Waals surface area (Å²) in [6.07, 6.45) is 4.33. The summed E-state index contributed by atoms with van der Waals surface area (Å²) >= 11 is 0. The second-order valence-electron chi connectivity index (χ2n) is 7.25. The smallest absolute Gasteiger partial charge is 0.184 e. The first-order chi connectivity index (χ1) is 9.45. The number of rotatable bonds is 2. The van der Waals surface area contributed by atoms with Crippen molar-refractivity contribution in [3.63, 3.8) is 0 Å². The fourth-order valence-corrected chi connectivity index (χ4v) is 5.64. The van der Waals surface area contributed by atoms with Gasteiger partial charge in [-0.05, 0) is 56.5 Å². The van der Waals surface area contributed by atoms with E-state index in [4.69, 9.17) is 4.43 Å². The molecule has 3 atom stereocenters. The Hall–Kier alpha value is -1.11. The number of nitrogens with zero attached hydrogens (tertiary/aromatic N) is 1. The van der Waals surface area contributed by atoms with E-state index < -0.39 is 8.32 Å². The Morgan fingerprint density at radius 2 is 2.05 bits per heavy atom. The van der Waals surface area contributed by atoms with Gasteiger partial charge < -0.3 is 4.43 Å². The Bertz CT molecular complexity index is 557. The van der Waals surface area contributed by atoms with Gasteiger partial charge in [0.2, 0.25) is 0 Å². The molecule has 0 amide bonds. The standard InChI is InChI=1S/C17H23NOSi/c1-20(2,3)19-17-10-6-8-13-7-4-5-9-15(13)16(17)14(11-17)12-18/h4-5,7,9,14,16H,6,8,10-11H2,1-3H3/t14-,16+,17-/m0/s1. The zero-order valence-electron chi connectivity index (χ0n) is 12.6. The highest BCUT2D eigenvalue weighted by Gasteiger charge is 2.57. The fraction of sp³-hybridized carbons (Fsp3) is 0.588. The van der Waals surface area contributed by atoms with Crippen LogP contribution in [-0.2, 0) is 10.8 Å². The molecule has 20 heavy (non-hydrogen) atoms. The summed E-state index contributed by atoms with van der Waals surface area (Å²) in [7, 11) is -1.60. The molecule has 1 aromatic carbocycles. The third-order valence-electron chi connectivity index (χ3n) is 4.65. The number of hydrogen-bond acceptors (Lipinski definition) is 2. The monoisotopic (exact) mass is 285 g/mol. The van der Waals surface area contributed by atoms with E-state index in [0.29, 0.717) is 0 Å². The van der Waals surface area contributed by atoms with Gasteiger partial charge in [-0.15, -0.1) is 0 Å². The van der Waals surface area contributed by atoms with Gasteiger partial charge in [-0.2, -0.15) is 5.26 Å². The van der Waals surface area contributed by atoms with Crippen molar-refractivity contribution in [1.29, 1.82) is 5.26 Å². The van der Waals surface area contributed by atoms with Crippen molar-refractivity contribution in [3.05, 3.63) is 35.4 Å². The summed E-state index contributed by atoms with van der Waals surface area (Å²) in [5, 5.41) is 9.46. The van der Waals surface area contributed by atoms with E-state index >= 15 is 0 Å². The van der Waals surface area contributed by atoms with E-state index in [1.807, 2.05) is 0 Å². The summed E-state index contributed by atoms with van der Waals surface area (Å²) in [6, 6.07) is 11.2. The lowest BCUT2D eigenvalue weighted by atomic mass is 9.58. The molecule has 1 saturated carbocycles. The molecule has 0 N–H and O–H groups in total. The molecule has 0 aromatic heterocycles. The van der Waals surface area contributed by atoms with Crippen LogP contribution in [0, 0.1) is 17.2 Å². The summed E-state index contributed by atoms with van der Waals surface area (Å²) in [5.41, 5.74) is 2.75. The molecule has 0 bridgehead atoms. The summed E-state index contributed by atoms with van der Waals surface area (Å²) in [5.74, 6) is 0.420. The lowest BCUT2D eigenvalue weighted by Gasteiger charge is -2.55. The molecule has 0 radical (unpaired) electrons. The third kappa shape index (κ3) is 2.21. The SMILES string of the molecule is C[Si](C)(C)O[C@]12CCCc3ccccc3[C@H]1[C@H](C#N)C2. The number of benzene rings is 1. The summed E-state index contributed by atoms with van der Waals surface area (Å²) < 4.78 is 6.62. The summed E-state index contributed by atoms with van der Waals surface area (Å²) in [6.45, 7) is 6.78. The second-order valence-corrected chi connectivity index (χ2v) is 11.7. The highest BCUT2D eigenvalue weighted by atomic mass is 28.4. The lowest BCUT2D eigenvalue weighted by Crippen LogP contribution is -2.57. The first kappa shape index (κ1) is 13.9. The highest BCUT2D eigenvalue weighted by molar-refractivity contribution is 6.69. The maximum Gasteiger partial charge on any atom is 0.184 e. The quantitative estimate of drug-likeness (QED) is 0.761. The van der Waals surface area contributed by atoms with Crippen molar-refractivity contribution in [2.45, 2.75) is 56.8 Å². The normalized spacial score (nSPS) is 32.3. The van der Waals surface area contributed by atoms with Crippen LogP contribution in [0.5, 0.6) is 0 Å². The Morgan fingerprint density at radius 1 is 1.30 bits per heavy atom. The van der Waals surface area contributed by atoms with Crippen LogP contribution in [0.1, 0.15) is 36.3 Å². The van der Waals surface area contributed by atoms with Crippen molar-refractivity contribution in [1.82, 2.24) is 0 Å². The average molecular weight is 285 g/mol. The predicted molar refractivity (Wildman–Crippen MR) is 83.0 cm³/mol. The number of hydrogen-bond donors (Lipinski definition) is 0. The third-order valence-corrected chi connectivity index (χ3v) is 5.66. The van der Waals surface area contributed by atoms with Crippen LogP contribution < -0.4 is 0 Å². The largest absolute Gasteiger partial charge is 0.411 e. The maximum absolute atomic E-state index is 9.46. The molecule has 0 heterocycles. The molecule has 3 heteroatoms. The van der Waals surface area contributed by atoms with Gasteiger partial charge in [0.05, 0.1) is 17.6 Å². The van der Waals surface area contributed by atoms with E-state index in [1.54, 1.807) is 0 Å². The van der Waals surface area contributed by atoms with E-state index in [2.05, 4.69) is 50.0 Å². The van der Waals surface area contributed by atoms with E-state index in [1.165, 1.54) is 17.5 Å². The van der Waals surface area contributed by atoms with Crippen LogP contribution >= 0.6 is 0 Å². The lowest BCUT2D eigenvalue weighted by molar-refractivity contribution is -0.0714. The van der Waals surface area contributed by atoms with E-state index in [0.717, 1.165) is 19.3 Å². The van der Waals surface area contributed by atoms with Crippen LogP contribution in [0.15, 0.2) is 24.3 Å². The van der Waals surface area contributed by atoms with Crippen molar-refractivity contribution in [2.75, 3.05) is 0 Å². The summed E-state index contributed by atoms with van der Waals surface area (Å²) in [4.78, 5) is 0. The van der Waals surface area contributed by atoms with Crippen LogP contribution in [-0.4, -0.2) is 13.9 Å². The van der Waals surface area contributed by atoms with Gasteiger partial charge in [0.25, 0.3) is 0 Å². The first-order valence-corrected chi connectivity index (χ1v) is 11.0. The fourth-order valence-electron chi connectivity index (χ4n) is 4.11. The minimum absolute atomic E-state index is 0.0581. The van der Waals surface area contributed by atoms with E-state index in [-0.39, 0.29) is 17.4 Å². The zero-order chi connectivity index (χ0) is 14.4. The molecule has 1 aromatic rings. The van der Waals surface area contributed by atoms with Gasteiger partial charge in [0.15, 0.2) is 8.32 Å². The first-order valence-electron chi connectivity index (χ1n) is 7.63. The van der Waals surface area contributed by atoms with Crippen LogP contribution in [0.25, 0.3) is 0 Å². The molecule has 2 aliphatic carbocycles. The Balaban J connectivity index is 2.03. The van der Waals surface area contributed by atoms with Gasteiger partial charge in [-0.25, -0.2) is 0 Å². The van der Waals surface area contributed by atoms with Crippen LogP contribution in [0.3, 0.4) is 0 Å². The van der Waals surface area contributed by atoms with Gasteiger partial charge in [0.1, 0.15) is 0 Å². The molecule has 106 valence electrons. The molecule has 0 spiro atoms. The molecule has 1 fully saturated rings. The van der Waals surface area contributed by atoms with Gasteiger partial charge in [-0.3, -0.25) is 0 Å².